The summed E-state index contributed by atoms with van der Waals surface area (Å²) in [5.74, 6) is -0.292. The summed E-state index contributed by atoms with van der Waals surface area (Å²) in [6, 6.07) is 8.13. The summed E-state index contributed by atoms with van der Waals surface area (Å²) in [5.41, 5.74) is 3.28. The second-order valence-corrected chi connectivity index (χ2v) is 5.98. The maximum absolute atomic E-state index is 12.9. The van der Waals surface area contributed by atoms with Gasteiger partial charge in [0.1, 0.15) is 0 Å². The van der Waals surface area contributed by atoms with Crippen LogP contribution in [0.25, 0.3) is 10.9 Å². The van der Waals surface area contributed by atoms with Gasteiger partial charge in [-0.1, -0.05) is 0 Å². The fraction of sp³-hybridized carbons (Fsp3) is 0.111. The minimum absolute atomic E-state index is 0.292. The Kier molecular flexibility index (Phi) is 3.85. The Labute approximate surface area is 148 Å². The highest BCUT2D eigenvalue weighted by molar-refractivity contribution is 6.07. The first-order valence-electron chi connectivity index (χ1n) is 8.04. The van der Waals surface area contributed by atoms with Gasteiger partial charge in [0.15, 0.2) is 0 Å². The van der Waals surface area contributed by atoms with Crippen molar-refractivity contribution in [1.82, 2.24) is 25.8 Å². The molecular formula is C18H16N6O2. The Balaban J connectivity index is 1.67. The molecule has 3 heterocycles. The number of nitrogens with zero attached hydrogens (tertiary/aromatic N) is 2. The molecule has 1 aliphatic heterocycles. The van der Waals surface area contributed by atoms with E-state index >= 15 is 0 Å². The van der Waals surface area contributed by atoms with E-state index in [-0.39, 0.29) is 11.9 Å². The molecule has 8 heteroatoms. The molecule has 0 saturated carbocycles. The van der Waals surface area contributed by atoms with Crippen LogP contribution in [0.4, 0.5) is 10.5 Å². The number of H-pyrrole nitrogens is 1. The standard InChI is InChI=1S/C18H16N6O2/c1-10-15(16(23-18(26)21-10)11-4-6-19-7-5-11)17(25)22-13-2-3-14-12(8-13)9-20-24-14/h2-9,16H,1H3,(H,20,24)(H,22,25)(H2,21,23,26). The van der Waals surface area contributed by atoms with Gasteiger partial charge in [0, 0.05) is 29.2 Å². The Morgan fingerprint density at radius 1 is 1.19 bits per heavy atom. The van der Waals surface area contributed by atoms with Crippen LogP contribution >= 0.6 is 0 Å². The number of aromatic nitrogens is 3. The smallest absolute Gasteiger partial charge is 0.319 e. The van der Waals surface area contributed by atoms with Gasteiger partial charge in [-0.3, -0.25) is 14.9 Å². The first kappa shape index (κ1) is 15.8. The number of benzene rings is 1. The molecule has 2 aromatic heterocycles. The predicted molar refractivity (Wildman–Crippen MR) is 96.1 cm³/mol. The highest BCUT2D eigenvalue weighted by Crippen LogP contribution is 2.27. The number of aromatic amines is 1. The van der Waals surface area contributed by atoms with E-state index in [9.17, 15) is 9.59 Å². The molecule has 0 radical (unpaired) electrons. The first-order valence-corrected chi connectivity index (χ1v) is 8.04. The molecule has 130 valence electrons. The first-order chi connectivity index (χ1) is 12.6. The van der Waals surface area contributed by atoms with Crippen molar-refractivity contribution in [2.24, 2.45) is 0 Å². The Bertz CT molecular complexity index is 1020. The zero-order valence-corrected chi connectivity index (χ0v) is 13.9. The number of hydrogen-bond donors (Lipinski definition) is 4. The number of amides is 3. The molecular weight excluding hydrogens is 332 g/mol. The van der Waals surface area contributed by atoms with Gasteiger partial charge < -0.3 is 16.0 Å². The monoisotopic (exact) mass is 348 g/mol. The number of rotatable bonds is 3. The average Bonchev–Trinajstić information content (AvgIpc) is 3.09. The summed E-state index contributed by atoms with van der Waals surface area (Å²) in [6.45, 7) is 1.71. The number of anilines is 1. The third-order valence-electron chi connectivity index (χ3n) is 4.25. The summed E-state index contributed by atoms with van der Waals surface area (Å²) in [6.07, 6.45) is 4.94. The number of pyridine rings is 1. The zero-order valence-electron chi connectivity index (χ0n) is 13.9. The van der Waals surface area contributed by atoms with Crippen LogP contribution in [0.1, 0.15) is 18.5 Å². The minimum Gasteiger partial charge on any atom is -0.327 e. The van der Waals surface area contributed by atoms with Crippen molar-refractivity contribution in [3.63, 3.8) is 0 Å². The normalized spacial score (nSPS) is 17.0. The zero-order chi connectivity index (χ0) is 18.1. The highest BCUT2D eigenvalue weighted by atomic mass is 16.2. The van der Waals surface area contributed by atoms with Crippen molar-refractivity contribution >= 4 is 28.5 Å². The topological polar surface area (TPSA) is 112 Å². The Morgan fingerprint density at radius 3 is 2.81 bits per heavy atom. The van der Waals surface area contributed by atoms with Crippen LogP contribution in [0, 0.1) is 0 Å². The van der Waals surface area contributed by atoms with Crippen LogP contribution in [0.5, 0.6) is 0 Å². The number of hydrogen-bond acceptors (Lipinski definition) is 4. The summed E-state index contributed by atoms with van der Waals surface area (Å²) >= 11 is 0. The summed E-state index contributed by atoms with van der Waals surface area (Å²) < 4.78 is 0. The lowest BCUT2D eigenvalue weighted by atomic mass is 9.95. The quantitative estimate of drug-likeness (QED) is 0.581. The Hall–Kier alpha value is -3.68. The third-order valence-corrected chi connectivity index (χ3v) is 4.25. The van der Waals surface area contributed by atoms with Gasteiger partial charge in [0.2, 0.25) is 0 Å². The van der Waals surface area contributed by atoms with Crippen molar-refractivity contribution in [3.8, 4) is 0 Å². The van der Waals surface area contributed by atoms with Crippen molar-refractivity contribution in [2.45, 2.75) is 13.0 Å². The van der Waals surface area contributed by atoms with Gasteiger partial charge in [-0.15, -0.1) is 0 Å². The van der Waals surface area contributed by atoms with E-state index in [1.54, 1.807) is 43.7 Å². The number of urea groups is 1. The molecule has 1 aliphatic rings. The molecule has 8 nitrogen and oxygen atoms in total. The van der Waals surface area contributed by atoms with E-state index in [0.717, 1.165) is 16.5 Å². The van der Waals surface area contributed by atoms with Crippen molar-refractivity contribution in [1.29, 1.82) is 0 Å². The van der Waals surface area contributed by atoms with E-state index in [2.05, 4.69) is 31.1 Å². The van der Waals surface area contributed by atoms with E-state index in [0.29, 0.717) is 17.0 Å². The van der Waals surface area contributed by atoms with Gasteiger partial charge in [0.05, 0.1) is 23.3 Å². The Morgan fingerprint density at radius 2 is 2.00 bits per heavy atom. The second kappa shape index (κ2) is 6.32. The van der Waals surface area contributed by atoms with E-state index in [1.807, 2.05) is 12.1 Å². The lowest BCUT2D eigenvalue weighted by Crippen LogP contribution is -2.45. The molecule has 3 aromatic rings. The fourth-order valence-corrected chi connectivity index (χ4v) is 3.02. The molecule has 0 aliphatic carbocycles. The van der Waals surface area contributed by atoms with E-state index in [1.165, 1.54) is 0 Å². The molecule has 26 heavy (non-hydrogen) atoms. The van der Waals surface area contributed by atoms with Gasteiger partial charge in [-0.2, -0.15) is 5.10 Å². The van der Waals surface area contributed by atoms with Crippen molar-refractivity contribution in [3.05, 3.63) is 65.8 Å². The van der Waals surface area contributed by atoms with Gasteiger partial charge in [-0.25, -0.2) is 4.79 Å². The molecule has 4 rings (SSSR count). The van der Waals surface area contributed by atoms with Gasteiger partial charge >= 0.3 is 6.03 Å². The van der Waals surface area contributed by atoms with Crippen LogP contribution in [0.3, 0.4) is 0 Å². The van der Waals surface area contributed by atoms with Crippen molar-refractivity contribution < 1.29 is 9.59 Å². The van der Waals surface area contributed by atoms with Gasteiger partial charge in [-0.05, 0) is 42.8 Å². The highest BCUT2D eigenvalue weighted by Gasteiger charge is 2.31. The lowest BCUT2D eigenvalue weighted by molar-refractivity contribution is -0.113. The van der Waals surface area contributed by atoms with Crippen LogP contribution < -0.4 is 16.0 Å². The third kappa shape index (κ3) is 2.88. The number of nitrogens with one attached hydrogen (secondary N) is 4. The average molecular weight is 348 g/mol. The SMILES string of the molecule is CC1=C(C(=O)Nc2ccc3[nH]ncc3c2)C(c2ccncc2)NC(=O)N1. The fourth-order valence-electron chi connectivity index (χ4n) is 3.02. The molecule has 0 spiro atoms. The molecule has 0 fully saturated rings. The largest absolute Gasteiger partial charge is 0.327 e. The van der Waals surface area contributed by atoms with Crippen LogP contribution in [-0.2, 0) is 4.79 Å². The molecule has 0 bridgehead atoms. The number of carbonyl (C=O) groups excluding carboxylic acids is 2. The predicted octanol–water partition coefficient (Wildman–Crippen LogP) is 2.22. The molecule has 3 amide bonds. The number of fused-ring (bicyclic) bond motifs is 1. The molecule has 1 aromatic carbocycles. The minimum atomic E-state index is -0.551. The second-order valence-electron chi connectivity index (χ2n) is 5.98. The van der Waals surface area contributed by atoms with E-state index < -0.39 is 6.04 Å². The summed E-state index contributed by atoms with van der Waals surface area (Å²) in [7, 11) is 0. The van der Waals surface area contributed by atoms with Crippen molar-refractivity contribution in [2.75, 3.05) is 5.32 Å². The molecule has 1 atom stereocenters. The van der Waals surface area contributed by atoms with Crippen LogP contribution in [0.2, 0.25) is 0 Å². The molecule has 1 unspecified atom stereocenters. The van der Waals surface area contributed by atoms with Crippen LogP contribution in [-0.4, -0.2) is 27.1 Å². The molecule has 0 saturated heterocycles. The summed E-state index contributed by atoms with van der Waals surface area (Å²) in [5, 5.41) is 16.1. The van der Waals surface area contributed by atoms with Gasteiger partial charge in [0.25, 0.3) is 5.91 Å². The van der Waals surface area contributed by atoms with Crippen LogP contribution in [0.15, 0.2) is 60.2 Å². The molecule has 4 N–H and O–H groups in total. The maximum Gasteiger partial charge on any atom is 0.319 e. The number of carbonyl (C=O) groups is 2. The number of allylic oxidation sites excluding steroid dienone is 1. The lowest BCUT2D eigenvalue weighted by Gasteiger charge is -2.28. The summed E-state index contributed by atoms with van der Waals surface area (Å²) in [4.78, 5) is 28.8. The maximum atomic E-state index is 12.9. The van der Waals surface area contributed by atoms with E-state index in [4.69, 9.17) is 0 Å².